The number of carbonyl (C=O) groups is 1. The Morgan fingerprint density at radius 3 is 2.44 bits per heavy atom. The Morgan fingerprint density at radius 2 is 1.72 bits per heavy atom. The molecule has 0 spiro atoms. The highest BCUT2D eigenvalue weighted by molar-refractivity contribution is 5.96. The second kappa shape index (κ2) is 10.3. The van der Waals surface area contributed by atoms with Crippen LogP contribution in [0.15, 0.2) is 60.7 Å². The van der Waals surface area contributed by atoms with E-state index in [1.165, 1.54) is 6.42 Å². The maximum Gasteiger partial charge on any atom is 0.331 e. The van der Waals surface area contributed by atoms with Crippen LogP contribution in [-0.4, -0.2) is 19.2 Å². The van der Waals surface area contributed by atoms with E-state index in [1.54, 1.807) is 13.0 Å². The second-order valence-electron chi connectivity index (χ2n) is 5.76. The van der Waals surface area contributed by atoms with Crippen molar-refractivity contribution < 1.29 is 14.3 Å². The first-order chi connectivity index (χ1) is 12.2. The zero-order chi connectivity index (χ0) is 17.9. The Labute approximate surface area is 150 Å². The van der Waals surface area contributed by atoms with Crippen molar-refractivity contribution in [3.63, 3.8) is 0 Å². The first-order valence-corrected chi connectivity index (χ1v) is 8.91. The van der Waals surface area contributed by atoms with Crippen LogP contribution in [0.3, 0.4) is 0 Å². The lowest BCUT2D eigenvalue weighted by Gasteiger charge is -2.11. The molecule has 0 unspecified atom stereocenters. The van der Waals surface area contributed by atoms with Gasteiger partial charge in [0.2, 0.25) is 0 Å². The molecular formula is C22H26O3. The lowest BCUT2D eigenvalue weighted by atomic mass is 9.97. The highest BCUT2D eigenvalue weighted by Crippen LogP contribution is 2.26. The second-order valence-corrected chi connectivity index (χ2v) is 5.76. The molecule has 3 heteroatoms. The SMILES string of the molecule is CCCCCOc1cccc(C(=CC(=O)OCC)c2ccccc2)c1. The summed E-state index contributed by atoms with van der Waals surface area (Å²) in [5.74, 6) is 0.481. The first kappa shape index (κ1) is 18.8. The molecule has 0 saturated carbocycles. The van der Waals surface area contributed by atoms with E-state index in [4.69, 9.17) is 9.47 Å². The van der Waals surface area contributed by atoms with Crippen molar-refractivity contribution in [3.05, 3.63) is 71.8 Å². The summed E-state index contributed by atoms with van der Waals surface area (Å²) in [6.07, 6.45) is 4.93. The van der Waals surface area contributed by atoms with Crippen LogP contribution in [0.5, 0.6) is 5.75 Å². The van der Waals surface area contributed by atoms with Gasteiger partial charge in [-0.15, -0.1) is 0 Å². The maximum atomic E-state index is 12.0. The molecule has 2 rings (SSSR count). The summed E-state index contributed by atoms with van der Waals surface area (Å²) in [5, 5.41) is 0. The molecule has 0 fully saturated rings. The monoisotopic (exact) mass is 338 g/mol. The third-order valence-electron chi connectivity index (χ3n) is 3.80. The van der Waals surface area contributed by atoms with Crippen molar-refractivity contribution >= 4 is 11.5 Å². The van der Waals surface area contributed by atoms with Gasteiger partial charge in [0.15, 0.2) is 0 Å². The molecule has 2 aromatic rings. The minimum atomic E-state index is -0.337. The summed E-state index contributed by atoms with van der Waals surface area (Å²) in [6, 6.07) is 17.7. The largest absolute Gasteiger partial charge is 0.494 e. The van der Waals surface area contributed by atoms with E-state index in [1.807, 2.05) is 54.6 Å². The number of esters is 1. The Balaban J connectivity index is 2.27. The molecule has 132 valence electrons. The molecule has 2 aromatic carbocycles. The Kier molecular flexibility index (Phi) is 7.77. The molecule has 0 N–H and O–H groups in total. The van der Waals surface area contributed by atoms with Crippen molar-refractivity contribution in [2.45, 2.75) is 33.1 Å². The summed E-state index contributed by atoms with van der Waals surface area (Å²) < 4.78 is 10.9. The van der Waals surface area contributed by atoms with Crippen molar-refractivity contribution in [3.8, 4) is 5.75 Å². The Morgan fingerprint density at radius 1 is 0.960 bits per heavy atom. The summed E-state index contributed by atoms with van der Waals surface area (Å²) in [5.41, 5.74) is 2.74. The Bertz CT molecular complexity index is 689. The van der Waals surface area contributed by atoms with Crippen molar-refractivity contribution in [2.24, 2.45) is 0 Å². The lowest BCUT2D eigenvalue weighted by Crippen LogP contribution is -2.02. The van der Waals surface area contributed by atoms with Crippen LogP contribution in [0.1, 0.15) is 44.2 Å². The third-order valence-corrected chi connectivity index (χ3v) is 3.80. The number of hydrogen-bond donors (Lipinski definition) is 0. The highest BCUT2D eigenvalue weighted by Gasteiger charge is 2.09. The number of unbranched alkanes of at least 4 members (excludes halogenated alkanes) is 2. The normalized spacial score (nSPS) is 11.2. The molecule has 0 aliphatic carbocycles. The quantitative estimate of drug-likeness (QED) is 0.356. The molecule has 0 aliphatic rings. The van der Waals surface area contributed by atoms with Gasteiger partial charge in [0, 0.05) is 6.08 Å². The van der Waals surface area contributed by atoms with Crippen molar-refractivity contribution in [2.75, 3.05) is 13.2 Å². The van der Waals surface area contributed by atoms with E-state index in [9.17, 15) is 4.79 Å². The molecule has 0 bridgehead atoms. The van der Waals surface area contributed by atoms with Gasteiger partial charge in [0.25, 0.3) is 0 Å². The fraction of sp³-hybridized carbons (Fsp3) is 0.318. The number of hydrogen-bond acceptors (Lipinski definition) is 3. The number of benzene rings is 2. The van der Waals surface area contributed by atoms with Gasteiger partial charge in [-0.2, -0.15) is 0 Å². The topological polar surface area (TPSA) is 35.5 Å². The highest BCUT2D eigenvalue weighted by atomic mass is 16.5. The van der Waals surface area contributed by atoms with Gasteiger partial charge in [-0.25, -0.2) is 4.79 Å². The molecule has 0 aromatic heterocycles. The van der Waals surface area contributed by atoms with Crippen molar-refractivity contribution in [1.82, 2.24) is 0 Å². The molecule has 0 saturated heterocycles. The van der Waals surface area contributed by atoms with Gasteiger partial charge < -0.3 is 9.47 Å². The van der Waals surface area contributed by atoms with Gasteiger partial charge in [-0.3, -0.25) is 0 Å². The van der Waals surface area contributed by atoms with Gasteiger partial charge in [-0.05, 0) is 42.2 Å². The smallest absolute Gasteiger partial charge is 0.331 e. The average Bonchev–Trinajstić information content (AvgIpc) is 2.64. The minimum Gasteiger partial charge on any atom is -0.494 e. The van der Waals surface area contributed by atoms with Gasteiger partial charge in [0.1, 0.15) is 5.75 Å². The lowest BCUT2D eigenvalue weighted by molar-refractivity contribution is -0.137. The summed E-state index contributed by atoms with van der Waals surface area (Å²) >= 11 is 0. The van der Waals surface area contributed by atoms with Crippen LogP contribution in [0.2, 0.25) is 0 Å². The van der Waals surface area contributed by atoms with Crippen LogP contribution in [-0.2, 0) is 9.53 Å². The fourth-order valence-electron chi connectivity index (χ4n) is 2.55. The van der Waals surface area contributed by atoms with Crippen LogP contribution < -0.4 is 4.74 Å². The van der Waals surface area contributed by atoms with Gasteiger partial charge in [0.05, 0.1) is 13.2 Å². The molecule has 0 heterocycles. The molecule has 0 radical (unpaired) electrons. The van der Waals surface area contributed by atoms with Crippen molar-refractivity contribution in [1.29, 1.82) is 0 Å². The zero-order valence-electron chi connectivity index (χ0n) is 15.0. The zero-order valence-corrected chi connectivity index (χ0v) is 15.0. The molecule has 25 heavy (non-hydrogen) atoms. The van der Waals surface area contributed by atoms with Crippen LogP contribution in [0, 0.1) is 0 Å². The Hall–Kier alpha value is -2.55. The standard InChI is InChI=1S/C22H26O3/c1-3-5-9-15-25-20-14-10-13-19(16-20)21(17-22(23)24-4-2)18-11-7-6-8-12-18/h6-8,10-14,16-17H,3-5,9,15H2,1-2H3. The molecule has 0 aliphatic heterocycles. The molecular weight excluding hydrogens is 312 g/mol. The van der Waals surface area contributed by atoms with Crippen LogP contribution in [0.4, 0.5) is 0 Å². The van der Waals surface area contributed by atoms with E-state index in [-0.39, 0.29) is 5.97 Å². The summed E-state index contributed by atoms with van der Waals surface area (Å²) in [6.45, 7) is 5.04. The number of rotatable bonds is 9. The molecule has 0 amide bonds. The van der Waals surface area contributed by atoms with E-state index in [0.717, 1.165) is 35.3 Å². The van der Waals surface area contributed by atoms with E-state index in [0.29, 0.717) is 13.2 Å². The first-order valence-electron chi connectivity index (χ1n) is 8.91. The van der Waals surface area contributed by atoms with E-state index in [2.05, 4.69) is 6.92 Å². The molecule has 3 nitrogen and oxygen atoms in total. The number of carbonyl (C=O) groups excluding carboxylic acids is 1. The minimum absolute atomic E-state index is 0.337. The molecule has 0 atom stereocenters. The van der Waals surface area contributed by atoms with Crippen LogP contribution in [0.25, 0.3) is 5.57 Å². The predicted molar refractivity (Wildman–Crippen MR) is 102 cm³/mol. The van der Waals surface area contributed by atoms with Gasteiger partial charge >= 0.3 is 5.97 Å². The average molecular weight is 338 g/mol. The predicted octanol–water partition coefficient (Wildman–Crippen LogP) is 5.25. The van der Waals surface area contributed by atoms with E-state index >= 15 is 0 Å². The summed E-state index contributed by atoms with van der Waals surface area (Å²) in [4.78, 5) is 12.0. The van der Waals surface area contributed by atoms with E-state index < -0.39 is 0 Å². The van der Waals surface area contributed by atoms with Crippen LogP contribution >= 0.6 is 0 Å². The fourth-order valence-corrected chi connectivity index (χ4v) is 2.55. The summed E-state index contributed by atoms with van der Waals surface area (Å²) in [7, 11) is 0. The van der Waals surface area contributed by atoms with Gasteiger partial charge in [-0.1, -0.05) is 62.2 Å². The third kappa shape index (κ3) is 6.11. The maximum absolute atomic E-state index is 12.0. The number of ether oxygens (including phenoxy) is 2.